The number of rotatable bonds is 6. The van der Waals surface area contributed by atoms with Crippen molar-refractivity contribution < 1.29 is 28.5 Å². The highest BCUT2D eigenvalue weighted by Crippen LogP contribution is 2.34. The third-order valence-corrected chi connectivity index (χ3v) is 4.39. The van der Waals surface area contributed by atoms with Crippen LogP contribution in [0, 0.1) is 0 Å². The number of carbonyl (C=O) groups excluding carboxylic acids is 2. The molecule has 0 fully saturated rings. The molecule has 1 amide bonds. The molecule has 0 unspecified atom stereocenters. The first kappa shape index (κ1) is 20.5. The van der Waals surface area contributed by atoms with Gasteiger partial charge in [-0.15, -0.1) is 0 Å². The number of ether oxygens (including phenoxy) is 4. The van der Waals surface area contributed by atoms with Gasteiger partial charge in [0, 0.05) is 11.8 Å². The predicted molar refractivity (Wildman–Crippen MR) is 107 cm³/mol. The number of amides is 1. The van der Waals surface area contributed by atoms with Crippen molar-refractivity contribution in [1.82, 2.24) is 0 Å². The van der Waals surface area contributed by atoms with E-state index in [1.54, 1.807) is 18.2 Å². The molecule has 1 aliphatic heterocycles. The van der Waals surface area contributed by atoms with Gasteiger partial charge in [0.2, 0.25) is 6.79 Å². The molecule has 7 heteroatoms. The minimum absolute atomic E-state index is 0.0399. The van der Waals surface area contributed by atoms with Crippen molar-refractivity contribution in [3.63, 3.8) is 0 Å². The number of fused-ring (bicyclic) bond motifs is 1. The number of anilines is 1. The van der Waals surface area contributed by atoms with Gasteiger partial charge in [0.15, 0.2) is 24.2 Å². The first-order valence-electron chi connectivity index (χ1n) is 9.36. The van der Waals surface area contributed by atoms with E-state index < -0.39 is 18.0 Å². The highest BCUT2D eigenvalue weighted by Gasteiger charge is 2.20. The van der Waals surface area contributed by atoms with Crippen LogP contribution in [-0.4, -0.2) is 31.4 Å². The van der Waals surface area contributed by atoms with Crippen molar-refractivity contribution in [2.45, 2.75) is 39.2 Å². The molecule has 0 aromatic heterocycles. The van der Waals surface area contributed by atoms with Crippen LogP contribution in [0.25, 0.3) is 0 Å². The van der Waals surface area contributed by atoms with Crippen molar-refractivity contribution in [3.05, 3.63) is 48.0 Å². The summed E-state index contributed by atoms with van der Waals surface area (Å²) in [6.07, 6.45) is -0.972. The molecule has 154 valence electrons. The van der Waals surface area contributed by atoms with Gasteiger partial charge in [-0.2, -0.15) is 0 Å². The van der Waals surface area contributed by atoms with E-state index in [4.69, 9.17) is 18.9 Å². The molecule has 2 aromatic carbocycles. The molecule has 1 heterocycles. The first-order chi connectivity index (χ1) is 13.7. The second-order valence-corrected chi connectivity index (χ2v) is 7.75. The van der Waals surface area contributed by atoms with Crippen LogP contribution < -0.4 is 19.5 Å². The van der Waals surface area contributed by atoms with Crippen LogP contribution in [0.2, 0.25) is 0 Å². The normalized spacial score (nSPS) is 13.5. The van der Waals surface area contributed by atoms with Crippen molar-refractivity contribution in [2.24, 2.45) is 0 Å². The Balaban J connectivity index is 1.46. The Bertz CT molecular complexity index is 885. The van der Waals surface area contributed by atoms with E-state index in [2.05, 4.69) is 26.1 Å². The molecule has 0 saturated carbocycles. The van der Waals surface area contributed by atoms with Gasteiger partial charge in [-0.05, 0) is 42.2 Å². The summed E-state index contributed by atoms with van der Waals surface area (Å²) in [4.78, 5) is 24.3. The molecule has 0 bridgehead atoms. The van der Waals surface area contributed by atoms with Gasteiger partial charge in [0.1, 0.15) is 5.75 Å². The molecule has 0 aliphatic carbocycles. The van der Waals surface area contributed by atoms with Crippen molar-refractivity contribution >= 4 is 17.6 Å². The number of benzene rings is 2. The predicted octanol–water partition coefficient (Wildman–Crippen LogP) is 3.66. The first-order valence-corrected chi connectivity index (χ1v) is 9.36. The molecule has 3 rings (SSSR count). The van der Waals surface area contributed by atoms with E-state index >= 15 is 0 Å². The van der Waals surface area contributed by atoms with Crippen LogP contribution in [0.1, 0.15) is 33.3 Å². The molecule has 1 N–H and O–H groups in total. The second kappa shape index (κ2) is 8.43. The maximum Gasteiger partial charge on any atom is 0.344 e. The van der Waals surface area contributed by atoms with Gasteiger partial charge in [-0.25, -0.2) is 4.79 Å². The fraction of sp³-hybridized carbons (Fsp3) is 0.364. The average Bonchev–Trinajstić information content (AvgIpc) is 3.13. The lowest BCUT2D eigenvalue weighted by atomic mass is 9.87. The molecule has 1 atom stereocenters. The third kappa shape index (κ3) is 5.40. The van der Waals surface area contributed by atoms with Crippen LogP contribution >= 0.6 is 0 Å². The molecule has 7 nitrogen and oxygen atoms in total. The van der Waals surface area contributed by atoms with E-state index in [-0.39, 0.29) is 18.8 Å². The Morgan fingerprint density at radius 1 is 1.07 bits per heavy atom. The standard InChI is InChI=1S/C22H25NO6/c1-14(21(25)23-16-7-10-18-19(11-16)28-13-27-18)29-20(24)12-26-17-8-5-15(6-9-17)22(2,3)4/h5-11,14H,12-13H2,1-4H3,(H,23,25)/t14-/m1/s1. The van der Waals surface area contributed by atoms with Gasteiger partial charge < -0.3 is 24.3 Å². The van der Waals surface area contributed by atoms with Crippen LogP contribution in [0.5, 0.6) is 17.2 Å². The lowest BCUT2D eigenvalue weighted by Gasteiger charge is -2.19. The smallest absolute Gasteiger partial charge is 0.344 e. The zero-order valence-electron chi connectivity index (χ0n) is 17.0. The zero-order valence-corrected chi connectivity index (χ0v) is 17.0. The van der Waals surface area contributed by atoms with Crippen molar-refractivity contribution in [3.8, 4) is 17.2 Å². The number of hydrogen-bond donors (Lipinski definition) is 1. The summed E-state index contributed by atoms with van der Waals surface area (Å²) < 4.78 is 21.1. The number of esters is 1. The maximum absolute atomic E-state index is 12.3. The van der Waals surface area contributed by atoms with Gasteiger partial charge >= 0.3 is 5.97 Å². The summed E-state index contributed by atoms with van der Waals surface area (Å²) in [5, 5.41) is 2.68. The summed E-state index contributed by atoms with van der Waals surface area (Å²) in [5.41, 5.74) is 1.73. The highest BCUT2D eigenvalue weighted by atomic mass is 16.7. The summed E-state index contributed by atoms with van der Waals surface area (Å²) in [6.45, 7) is 7.73. The van der Waals surface area contributed by atoms with Crippen LogP contribution in [0.3, 0.4) is 0 Å². The topological polar surface area (TPSA) is 83.1 Å². The van der Waals surface area contributed by atoms with Crippen LogP contribution in [-0.2, 0) is 19.7 Å². The van der Waals surface area contributed by atoms with E-state index in [9.17, 15) is 9.59 Å². The minimum atomic E-state index is -0.972. The van der Waals surface area contributed by atoms with Gasteiger partial charge in [-0.3, -0.25) is 4.79 Å². The minimum Gasteiger partial charge on any atom is -0.482 e. The maximum atomic E-state index is 12.3. The van der Waals surface area contributed by atoms with E-state index in [0.29, 0.717) is 22.9 Å². The summed E-state index contributed by atoms with van der Waals surface area (Å²) in [7, 11) is 0. The summed E-state index contributed by atoms with van der Waals surface area (Å²) in [5.74, 6) is 0.658. The molecular weight excluding hydrogens is 374 g/mol. The Morgan fingerprint density at radius 3 is 2.45 bits per heavy atom. The molecule has 2 aromatic rings. The summed E-state index contributed by atoms with van der Waals surface area (Å²) in [6, 6.07) is 12.6. The molecule has 0 saturated heterocycles. The highest BCUT2D eigenvalue weighted by molar-refractivity contribution is 5.95. The van der Waals surface area contributed by atoms with Crippen molar-refractivity contribution in [1.29, 1.82) is 0 Å². The fourth-order valence-corrected chi connectivity index (χ4v) is 2.70. The summed E-state index contributed by atoms with van der Waals surface area (Å²) >= 11 is 0. The lowest BCUT2D eigenvalue weighted by molar-refractivity contribution is -0.155. The number of nitrogens with one attached hydrogen (secondary N) is 1. The van der Waals surface area contributed by atoms with Crippen molar-refractivity contribution in [2.75, 3.05) is 18.7 Å². The molecule has 0 radical (unpaired) electrons. The van der Waals surface area contributed by atoms with E-state index in [1.165, 1.54) is 12.5 Å². The Labute approximate surface area is 169 Å². The zero-order chi connectivity index (χ0) is 21.0. The number of carbonyl (C=O) groups is 2. The number of hydrogen-bond acceptors (Lipinski definition) is 6. The van der Waals surface area contributed by atoms with E-state index in [1.807, 2.05) is 24.3 Å². The second-order valence-electron chi connectivity index (χ2n) is 7.75. The Morgan fingerprint density at radius 2 is 1.76 bits per heavy atom. The lowest BCUT2D eigenvalue weighted by Crippen LogP contribution is -2.31. The molecule has 29 heavy (non-hydrogen) atoms. The van der Waals surface area contributed by atoms with Gasteiger partial charge in [-0.1, -0.05) is 32.9 Å². The monoisotopic (exact) mass is 399 g/mol. The molecule has 1 aliphatic rings. The average molecular weight is 399 g/mol. The molecule has 0 spiro atoms. The van der Waals surface area contributed by atoms with Gasteiger partial charge in [0.05, 0.1) is 0 Å². The third-order valence-electron chi connectivity index (χ3n) is 4.39. The SMILES string of the molecule is C[C@@H](OC(=O)COc1ccc(C(C)(C)C)cc1)C(=O)Nc1ccc2c(c1)OCO2. The van der Waals surface area contributed by atoms with Crippen LogP contribution in [0.15, 0.2) is 42.5 Å². The molecular formula is C22H25NO6. The van der Waals surface area contributed by atoms with E-state index in [0.717, 1.165) is 0 Å². The Kier molecular flexibility index (Phi) is 5.96. The Hall–Kier alpha value is -3.22. The van der Waals surface area contributed by atoms with Gasteiger partial charge in [0.25, 0.3) is 5.91 Å². The fourth-order valence-electron chi connectivity index (χ4n) is 2.70. The van der Waals surface area contributed by atoms with Crippen LogP contribution in [0.4, 0.5) is 5.69 Å². The quantitative estimate of drug-likeness (QED) is 0.747. The largest absolute Gasteiger partial charge is 0.482 e.